The lowest BCUT2D eigenvalue weighted by Crippen LogP contribution is -2.37. The molecule has 0 saturated heterocycles. The van der Waals surface area contributed by atoms with Crippen LogP contribution in [0.4, 0.5) is 0 Å². The topological polar surface area (TPSA) is 57.5 Å². The largest absolute Gasteiger partial charge is 0.481 e. The van der Waals surface area contributed by atoms with Crippen LogP contribution in [0, 0.1) is 23.2 Å². The van der Waals surface area contributed by atoms with E-state index in [9.17, 15) is 9.90 Å². The molecule has 0 aromatic heterocycles. The van der Waals surface area contributed by atoms with Gasteiger partial charge in [-0.05, 0) is 49.4 Å². The summed E-state index contributed by atoms with van der Waals surface area (Å²) in [6, 6.07) is 0. The van der Waals surface area contributed by atoms with Crippen molar-refractivity contribution in [2.75, 3.05) is 0 Å². The quantitative estimate of drug-likeness (QED) is 0.811. The zero-order valence-electron chi connectivity index (χ0n) is 12.1. The van der Waals surface area contributed by atoms with E-state index in [4.69, 9.17) is 5.11 Å². The number of rotatable bonds is 4. The first kappa shape index (κ1) is 15.5. The van der Waals surface area contributed by atoms with E-state index in [1.165, 1.54) is 0 Å². The summed E-state index contributed by atoms with van der Waals surface area (Å²) >= 11 is 0. The van der Waals surface area contributed by atoms with Crippen LogP contribution in [0.15, 0.2) is 0 Å². The van der Waals surface area contributed by atoms with E-state index in [1.54, 1.807) is 0 Å². The number of aliphatic hydroxyl groups excluding tert-OH is 1. The zero-order chi connectivity index (χ0) is 13.9. The summed E-state index contributed by atoms with van der Waals surface area (Å²) < 4.78 is 0. The number of carboxylic acid groups (broad SMARTS) is 1. The normalized spacial score (nSPS) is 28.7. The van der Waals surface area contributed by atoms with Gasteiger partial charge in [-0.15, -0.1) is 0 Å². The minimum absolute atomic E-state index is 0.171. The lowest BCUT2D eigenvalue weighted by molar-refractivity contribution is -0.148. The summed E-state index contributed by atoms with van der Waals surface area (Å²) in [6.07, 6.45) is 3.99. The van der Waals surface area contributed by atoms with Gasteiger partial charge in [-0.3, -0.25) is 4.79 Å². The lowest BCUT2D eigenvalue weighted by atomic mass is 9.68. The maximum absolute atomic E-state index is 11.1. The SMILES string of the molecule is CCC(C(=O)O)C(O)C1CCC(C(C)(C)C)CC1. The summed E-state index contributed by atoms with van der Waals surface area (Å²) in [5, 5.41) is 19.3. The van der Waals surface area contributed by atoms with Gasteiger partial charge in [0, 0.05) is 0 Å². The predicted octanol–water partition coefficient (Wildman–Crippen LogP) is 3.31. The molecule has 0 radical (unpaired) electrons. The van der Waals surface area contributed by atoms with Gasteiger partial charge in [0.05, 0.1) is 12.0 Å². The van der Waals surface area contributed by atoms with Crippen molar-refractivity contribution < 1.29 is 15.0 Å². The van der Waals surface area contributed by atoms with Crippen LogP contribution in [0.3, 0.4) is 0 Å². The smallest absolute Gasteiger partial charge is 0.309 e. The van der Waals surface area contributed by atoms with Crippen molar-refractivity contribution >= 4 is 5.97 Å². The first-order valence-electron chi connectivity index (χ1n) is 7.18. The lowest BCUT2D eigenvalue weighted by Gasteiger charge is -2.39. The molecule has 0 amide bonds. The van der Waals surface area contributed by atoms with E-state index >= 15 is 0 Å². The molecular weight excluding hydrogens is 228 g/mol. The molecule has 3 nitrogen and oxygen atoms in total. The van der Waals surface area contributed by atoms with E-state index < -0.39 is 18.0 Å². The molecule has 1 aliphatic rings. The molecule has 18 heavy (non-hydrogen) atoms. The molecule has 0 heterocycles. The first-order valence-corrected chi connectivity index (χ1v) is 7.18. The Morgan fingerprint density at radius 1 is 1.22 bits per heavy atom. The third kappa shape index (κ3) is 3.71. The van der Waals surface area contributed by atoms with E-state index in [0.717, 1.165) is 25.7 Å². The molecule has 0 bridgehead atoms. The molecule has 0 aliphatic heterocycles. The van der Waals surface area contributed by atoms with Crippen LogP contribution in [0.25, 0.3) is 0 Å². The first-order chi connectivity index (χ1) is 8.27. The number of carboxylic acids is 1. The summed E-state index contributed by atoms with van der Waals surface area (Å²) in [6.45, 7) is 8.63. The van der Waals surface area contributed by atoms with E-state index in [2.05, 4.69) is 20.8 Å². The monoisotopic (exact) mass is 256 g/mol. The van der Waals surface area contributed by atoms with Gasteiger partial charge < -0.3 is 10.2 Å². The van der Waals surface area contributed by atoms with Crippen LogP contribution >= 0.6 is 0 Å². The fourth-order valence-corrected chi connectivity index (χ4v) is 3.22. The van der Waals surface area contributed by atoms with E-state index in [1.807, 2.05) is 6.92 Å². The third-order valence-corrected chi connectivity index (χ3v) is 4.65. The van der Waals surface area contributed by atoms with Crippen molar-refractivity contribution in [2.24, 2.45) is 23.2 Å². The average molecular weight is 256 g/mol. The van der Waals surface area contributed by atoms with Crippen LogP contribution < -0.4 is 0 Å². The number of hydrogen-bond donors (Lipinski definition) is 2. The Morgan fingerprint density at radius 2 is 1.72 bits per heavy atom. The molecule has 2 N–H and O–H groups in total. The summed E-state index contributed by atoms with van der Waals surface area (Å²) in [7, 11) is 0. The van der Waals surface area contributed by atoms with Crippen molar-refractivity contribution in [3.8, 4) is 0 Å². The van der Waals surface area contributed by atoms with Gasteiger partial charge >= 0.3 is 5.97 Å². The maximum Gasteiger partial charge on any atom is 0.309 e. The Morgan fingerprint density at radius 3 is 2.06 bits per heavy atom. The Balaban J connectivity index is 2.54. The molecule has 3 heteroatoms. The fourth-order valence-electron chi connectivity index (χ4n) is 3.22. The molecule has 1 fully saturated rings. The molecule has 1 saturated carbocycles. The minimum atomic E-state index is -0.858. The highest BCUT2D eigenvalue weighted by atomic mass is 16.4. The van der Waals surface area contributed by atoms with Crippen molar-refractivity contribution in [3.63, 3.8) is 0 Å². The Bertz CT molecular complexity index is 272. The summed E-state index contributed by atoms with van der Waals surface area (Å²) in [5.74, 6) is -0.584. The van der Waals surface area contributed by atoms with E-state index in [-0.39, 0.29) is 5.92 Å². The Labute approximate surface area is 111 Å². The second-order valence-corrected chi connectivity index (χ2v) is 6.82. The summed E-state index contributed by atoms with van der Waals surface area (Å²) in [5.41, 5.74) is 0.326. The van der Waals surface area contributed by atoms with Crippen LogP contribution in [0.2, 0.25) is 0 Å². The summed E-state index contributed by atoms with van der Waals surface area (Å²) in [4.78, 5) is 11.1. The van der Waals surface area contributed by atoms with Gasteiger partial charge in [0.25, 0.3) is 0 Å². The van der Waals surface area contributed by atoms with Crippen molar-refractivity contribution in [1.29, 1.82) is 0 Å². The average Bonchev–Trinajstić information content (AvgIpc) is 2.28. The fraction of sp³-hybridized carbons (Fsp3) is 0.933. The van der Waals surface area contributed by atoms with Crippen LogP contribution in [0.1, 0.15) is 59.8 Å². The van der Waals surface area contributed by atoms with Crippen LogP contribution in [-0.4, -0.2) is 22.3 Å². The molecule has 2 unspecified atom stereocenters. The van der Waals surface area contributed by atoms with Gasteiger partial charge in [-0.1, -0.05) is 27.7 Å². The predicted molar refractivity (Wildman–Crippen MR) is 72.3 cm³/mol. The standard InChI is InChI=1S/C15H28O3/c1-5-12(14(17)18)13(16)10-6-8-11(9-7-10)15(2,3)4/h10-13,16H,5-9H2,1-4H3,(H,17,18). The Kier molecular flexibility index (Phi) is 5.20. The zero-order valence-corrected chi connectivity index (χ0v) is 12.1. The second-order valence-electron chi connectivity index (χ2n) is 6.82. The second kappa shape index (κ2) is 6.05. The van der Waals surface area contributed by atoms with Gasteiger partial charge in [-0.25, -0.2) is 0 Å². The Hall–Kier alpha value is -0.570. The number of hydrogen-bond acceptors (Lipinski definition) is 2. The molecule has 0 aromatic rings. The van der Waals surface area contributed by atoms with Gasteiger partial charge in [-0.2, -0.15) is 0 Å². The molecule has 1 aliphatic carbocycles. The van der Waals surface area contributed by atoms with Gasteiger partial charge in [0.1, 0.15) is 0 Å². The molecule has 1 rings (SSSR count). The highest BCUT2D eigenvalue weighted by Gasteiger charge is 2.36. The highest BCUT2D eigenvalue weighted by Crippen LogP contribution is 2.41. The van der Waals surface area contributed by atoms with Crippen molar-refractivity contribution in [2.45, 2.75) is 65.9 Å². The molecule has 0 aromatic carbocycles. The number of aliphatic carboxylic acids is 1. The van der Waals surface area contributed by atoms with Crippen molar-refractivity contribution in [3.05, 3.63) is 0 Å². The van der Waals surface area contributed by atoms with Crippen LogP contribution in [-0.2, 0) is 4.79 Å². The van der Waals surface area contributed by atoms with Gasteiger partial charge in [0.2, 0.25) is 0 Å². The number of carbonyl (C=O) groups is 1. The maximum atomic E-state index is 11.1. The molecule has 2 atom stereocenters. The third-order valence-electron chi connectivity index (χ3n) is 4.65. The van der Waals surface area contributed by atoms with Crippen LogP contribution in [0.5, 0.6) is 0 Å². The van der Waals surface area contributed by atoms with Crippen molar-refractivity contribution in [1.82, 2.24) is 0 Å². The van der Waals surface area contributed by atoms with E-state index in [0.29, 0.717) is 17.8 Å². The highest BCUT2D eigenvalue weighted by molar-refractivity contribution is 5.70. The molecule has 106 valence electrons. The number of aliphatic hydroxyl groups is 1. The van der Waals surface area contributed by atoms with Gasteiger partial charge in [0.15, 0.2) is 0 Å². The molecular formula is C15H28O3. The molecule has 0 spiro atoms. The minimum Gasteiger partial charge on any atom is -0.481 e.